The van der Waals surface area contributed by atoms with E-state index < -0.39 is 0 Å². The number of hydrogen-bond donors (Lipinski definition) is 2. The van der Waals surface area contributed by atoms with Crippen LogP contribution < -0.4 is 16.0 Å². The van der Waals surface area contributed by atoms with Crippen LogP contribution in [-0.4, -0.2) is 41.5 Å². The second-order valence-electron chi connectivity index (χ2n) is 3.95. The standard InChI is InChI=1S/C12H15N3O3S/c13-14-11(16)9-2-1-3-10(8-9)18-6-4-15-5-7-19-12(15)17/h1-3,8H,4-7,13H2,(H,14,16). The smallest absolute Gasteiger partial charge is 0.281 e. The SMILES string of the molecule is NNC(=O)c1cccc(OCCN2CCSC2=O)c1. The normalized spacial score (nSPS) is 14.6. The summed E-state index contributed by atoms with van der Waals surface area (Å²) in [6.45, 7) is 1.72. The lowest BCUT2D eigenvalue weighted by Crippen LogP contribution is -2.30. The van der Waals surface area contributed by atoms with Crippen LogP contribution in [0.1, 0.15) is 10.4 Å². The molecule has 0 aliphatic carbocycles. The van der Waals surface area contributed by atoms with Crippen LogP contribution in [-0.2, 0) is 0 Å². The highest BCUT2D eigenvalue weighted by molar-refractivity contribution is 8.13. The van der Waals surface area contributed by atoms with Gasteiger partial charge < -0.3 is 9.64 Å². The van der Waals surface area contributed by atoms with Crippen molar-refractivity contribution in [2.75, 3.05) is 25.4 Å². The molecular formula is C12H15N3O3S. The zero-order valence-electron chi connectivity index (χ0n) is 10.3. The Morgan fingerprint density at radius 1 is 1.53 bits per heavy atom. The number of nitrogens with one attached hydrogen (secondary N) is 1. The molecule has 0 aromatic heterocycles. The van der Waals surface area contributed by atoms with E-state index in [1.54, 1.807) is 29.2 Å². The number of hydrogen-bond acceptors (Lipinski definition) is 5. The molecule has 1 aliphatic rings. The molecule has 2 rings (SSSR count). The first-order valence-electron chi connectivity index (χ1n) is 5.86. The number of ether oxygens (including phenoxy) is 1. The predicted molar refractivity (Wildman–Crippen MR) is 73.0 cm³/mol. The van der Waals surface area contributed by atoms with Gasteiger partial charge in [-0.1, -0.05) is 17.8 Å². The third-order valence-corrected chi connectivity index (χ3v) is 3.59. The van der Waals surface area contributed by atoms with Crippen LogP contribution >= 0.6 is 11.8 Å². The number of thioether (sulfide) groups is 1. The number of rotatable bonds is 5. The van der Waals surface area contributed by atoms with Gasteiger partial charge in [0.15, 0.2) is 0 Å². The Labute approximate surface area is 115 Å². The molecule has 0 unspecified atom stereocenters. The minimum absolute atomic E-state index is 0.0971. The minimum Gasteiger partial charge on any atom is -0.492 e. The maximum atomic E-state index is 11.4. The molecule has 2 amide bonds. The summed E-state index contributed by atoms with van der Waals surface area (Å²) in [7, 11) is 0. The van der Waals surface area contributed by atoms with Crippen molar-refractivity contribution < 1.29 is 14.3 Å². The molecule has 1 fully saturated rings. The number of nitrogens with two attached hydrogens (primary N) is 1. The van der Waals surface area contributed by atoms with E-state index >= 15 is 0 Å². The molecule has 0 bridgehead atoms. The Bertz CT molecular complexity index is 481. The Kier molecular flexibility index (Phi) is 4.64. The van der Waals surface area contributed by atoms with Crippen LogP contribution in [0.2, 0.25) is 0 Å². The summed E-state index contributed by atoms with van der Waals surface area (Å²) in [5.74, 6) is 6.12. The molecule has 1 aliphatic heterocycles. The molecule has 1 saturated heterocycles. The lowest BCUT2D eigenvalue weighted by Gasteiger charge is -2.15. The number of carbonyl (C=O) groups is 2. The summed E-state index contributed by atoms with van der Waals surface area (Å²) >= 11 is 1.33. The average molecular weight is 281 g/mol. The molecule has 1 aromatic rings. The van der Waals surface area contributed by atoms with Gasteiger partial charge in [0.25, 0.3) is 11.1 Å². The van der Waals surface area contributed by atoms with Gasteiger partial charge in [-0.05, 0) is 18.2 Å². The van der Waals surface area contributed by atoms with Crippen LogP contribution in [0.25, 0.3) is 0 Å². The summed E-state index contributed by atoms with van der Waals surface area (Å²) in [6.07, 6.45) is 0. The monoisotopic (exact) mass is 281 g/mol. The Morgan fingerprint density at radius 2 is 2.37 bits per heavy atom. The minimum atomic E-state index is -0.364. The third-order valence-electron chi connectivity index (χ3n) is 2.70. The summed E-state index contributed by atoms with van der Waals surface area (Å²) in [5.41, 5.74) is 2.50. The molecule has 1 aromatic carbocycles. The maximum Gasteiger partial charge on any atom is 0.281 e. The van der Waals surface area contributed by atoms with Crippen molar-refractivity contribution >= 4 is 22.9 Å². The number of nitrogens with zero attached hydrogens (tertiary/aromatic N) is 1. The molecule has 7 heteroatoms. The molecule has 1 heterocycles. The Balaban J connectivity index is 1.85. The van der Waals surface area contributed by atoms with Crippen molar-refractivity contribution in [1.29, 1.82) is 0 Å². The van der Waals surface area contributed by atoms with Gasteiger partial charge in [-0.15, -0.1) is 0 Å². The van der Waals surface area contributed by atoms with Crippen LogP contribution in [0, 0.1) is 0 Å². The van der Waals surface area contributed by atoms with E-state index in [4.69, 9.17) is 10.6 Å². The second kappa shape index (κ2) is 6.44. The van der Waals surface area contributed by atoms with Crippen LogP contribution in [0.5, 0.6) is 5.75 Å². The molecule has 0 atom stereocenters. The second-order valence-corrected chi connectivity index (χ2v) is 5.00. The number of nitrogen functional groups attached to an aromatic ring is 1. The fourth-order valence-corrected chi connectivity index (χ4v) is 2.56. The van der Waals surface area contributed by atoms with E-state index in [0.29, 0.717) is 24.5 Å². The van der Waals surface area contributed by atoms with Gasteiger partial charge in [-0.25, -0.2) is 5.84 Å². The lowest BCUT2D eigenvalue weighted by atomic mass is 10.2. The van der Waals surface area contributed by atoms with Crippen molar-refractivity contribution in [3.8, 4) is 5.75 Å². The molecule has 19 heavy (non-hydrogen) atoms. The zero-order valence-corrected chi connectivity index (χ0v) is 11.1. The quantitative estimate of drug-likeness (QED) is 0.474. The van der Waals surface area contributed by atoms with Gasteiger partial charge in [0.2, 0.25) is 0 Å². The summed E-state index contributed by atoms with van der Waals surface area (Å²) in [6, 6.07) is 6.74. The molecule has 6 nitrogen and oxygen atoms in total. The number of carbonyl (C=O) groups excluding carboxylic acids is 2. The van der Waals surface area contributed by atoms with Crippen LogP contribution in [0.15, 0.2) is 24.3 Å². The van der Waals surface area contributed by atoms with Crippen molar-refractivity contribution in [3.05, 3.63) is 29.8 Å². The van der Waals surface area contributed by atoms with Crippen molar-refractivity contribution in [3.63, 3.8) is 0 Å². The molecule has 0 saturated carbocycles. The van der Waals surface area contributed by atoms with Gasteiger partial charge in [0.05, 0.1) is 6.54 Å². The molecule has 0 spiro atoms. The van der Waals surface area contributed by atoms with Crippen molar-refractivity contribution in [2.45, 2.75) is 0 Å². The largest absolute Gasteiger partial charge is 0.492 e. The first-order valence-corrected chi connectivity index (χ1v) is 6.85. The van der Waals surface area contributed by atoms with E-state index in [2.05, 4.69) is 5.43 Å². The zero-order chi connectivity index (χ0) is 13.7. The molecule has 3 N–H and O–H groups in total. The van der Waals surface area contributed by atoms with Crippen LogP contribution in [0.4, 0.5) is 4.79 Å². The van der Waals surface area contributed by atoms with E-state index in [1.165, 1.54) is 11.8 Å². The van der Waals surface area contributed by atoms with E-state index in [1.807, 2.05) is 0 Å². The fourth-order valence-electron chi connectivity index (χ4n) is 1.71. The summed E-state index contributed by atoms with van der Waals surface area (Å²) in [5, 5.41) is 0.0971. The lowest BCUT2D eigenvalue weighted by molar-refractivity contribution is 0.0953. The summed E-state index contributed by atoms with van der Waals surface area (Å²) < 4.78 is 5.53. The summed E-state index contributed by atoms with van der Waals surface area (Å²) in [4.78, 5) is 24.5. The number of benzene rings is 1. The Hall–Kier alpha value is -1.73. The molecule has 0 radical (unpaired) electrons. The molecular weight excluding hydrogens is 266 g/mol. The number of hydrazine groups is 1. The van der Waals surface area contributed by atoms with Gasteiger partial charge in [0, 0.05) is 17.9 Å². The highest BCUT2D eigenvalue weighted by atomic mass is 32.2. The van der Waals surface area contributed by atoms with Crippen molar-refractivity contribution in [1.82, 2.24) is 10.3 Å². The highest BCUT2D eigenvalue weighted by Crippen LogP contribution is 2.17. The van der Waals surface area contributed by atoms with E-state index in [0.717, 1.165) is 12.3 Å². The van der Waals surface area contributed by atoms with E-state index in [-0.39, 0.29) is 11.1 Å². The van der Waals surface area contributed by atoms with Gasteiger partial charge in [-0.3, -0.25) is 15.0 Å². The van der Waals surface area contributed by atoms with E-state index in [9.17, 15) is 9.59 Å². The van der Waals surface area contributed by atoms with Crippen molar-refractivity contribution in [2.24, 2.45) is 5.84 Å². The molecule has 102 valence electrons. The fraction of sp³-hybridized carbons (Fsp3) is 0.333. The number of amides is 2. The van der Waals surface area contributed by atoms with Gasteiger partial charge in [-0.2, -0.15) is 0 Å². The highest BCUT2D eigenvalue weighted by Gasteiger charge is 2.20. The van der Waals surface area contributed by atoms with Gasteiger partial charge in [0.1, 0.15) is 12.4 Å². The first kappa shape index (κ1) is 13.7. The Morgan fingerprint density at radius 3 is 3.05 bits per heavy atom. The van der Waals surface area contributed by atoms with Gasteiger partial charge >= 0.3 is 0 Å². The topological polar surface area (TPSA) is 84.7 Å². The first-order chi connectivity index (χ1) is 9.20. The maximum absolute atomic E-state index is 11.4. The predicted octanol–water partition coefficient (Wildman–Crippen LogP) is 0.838. The third kappa shape index (κ3) is 3.62. The average Bonchev–Trinajstić information content (AvgIpc) is 2.84. The van der Waals surface area contributed by atoms with Crippen LogP contribution in [0.3, 0.4) is 0 Å².